The fraction of sp³-hybridized carbons (Fsp3) is 0. The maximum Gasteiger partial charge on any atom is 0.338 e. The maximum atomic E-state index is 15.7. The largest absolute Gasteiger partial charge is 0.338 e. The molecule has 0 aliphatic heterocycles. The zero-order valence-corrected chi connectivity index (χ0v) is 24.0. The van der Waals surface area contributed by atoms with E-state index in [2.05, 4.69) is 72.8 Å². The molecule has 0 bridgehead atoms. The Bertz CT molecular complexity index is 2000. The molecule has 0 radical (unpaired) electrons. The third-order valence-corrected chi connectivity index (χ3v) is 8.41. The zero-order valence-electron chi connectivity index (χ0n) is 24.0. The minimum absolute atomic E-state index is 0.162. The van der Waals surface area contributed by atoms with Crippen LogP contribution in [0, 0.1) is 0 Å². The van der Waals surface area contributed by atoms with E-state index in [4.69, 9.17) is 0 Å². The van der Waals surface area contributed by atoms with Gasteiger partial charge in [0.15, 0.2) is 0 Å². The summed E-state index contributed by atoms with van der Waals surface area (Å²) in [6, 6.07) is 57.6. The topological polar surface area (TPSA) is 23.6 Å². The van der Waals surface area contributed by atoms with Crippen molar-refractivity contribution in [1.29, 1.82) is 0 Å². The van der Waals surface area contributed by atoms with Crippen molar-refractivity contribution >= 4 is 71.9 Å². The second-order valence-electron chi connectivity index (χ2n) is 10.9. The van der Waals surface area contributed by atoms with Gasteiger partial charge < -0.3 is 0 Å². The molecule has 0 saturated heterocycles. The average molecular weight is 565 g/mol. The first-order valence-electron chi connectivity index (χ1n) is 14.8. The monoisotopic (exact) mass is 564 g/mol. The second-order valence-corrected chi connectivity index (χ2v) is 10.9. The minimum atomic E-state index is -0.162. The number of hydrogen-bond donors (Lipinski definition) is 0. The van der Waals surface area contributed by atoms with Gasteiger partial charge in [0.1, 0.15) is 0 Å². The molecule has 0 fully saturated rings. The number of anilines is 4. The number of carbonyl (C=O) groups excluding carboxylic acids is 1. The zero-order chi connectivity index (χ0) is 29.5. The molecule has 0 saturated carbocycles. The van der Waals surface area contributed by atoms with Gasteiger partial charge >= 0.3 is 6.03 Å². The highest BCUT2D eigenvalue weighted by atomic mass is 16.2. The number of benzene rings is 8. The van der Waals surface area contributed by atoms with Crippen molar-refractivity contribution < 1.29 is 4.79 Å². The molecule has 8 aromatic carbocycles. The van der Waals surface area contributed by atoms with Crippen LogP contribution in [-0.4, -0.2) is 6.03 Å². The number of fused-ring (bicyclic) bond motifs is 4. The van der Waals surface area contributed by atoms with Crippen molar-refractivity contribution in [2.24, 2.45) is 0 Å². The van der Waals surface area contributed by atoms with Gasteiger partial charge in [0.2, 0.25) is 0 Å². The van der Waals surface area contributed by atoms with Crippen molar-refractivity contribution in [2.45, 2.75) is 0 Å². The molecule has 0 aliphatic rings. The summed E-state index contributed by atoms with van der Waals surface area (Å²) in [5.41, 5.74) is 3.31. The number of rotatable bonds is 4. The molecule has 0 heterocycles. The van der Waals surface area contributed by atoms with Gasteiger partial charge in [-0.05, 0) is 45.8 Å². The Morgan fingerprint density at radius 2 is 0.523 bits per heavy atom. The lowest BCUT2D eigenvalue weighted by atomic mass is 10.0. The van der Waals surface area contributed by atoms with Crippen LogP contribution < -0.4 is 9.80 Å². The Labute approximate surface area is 255 Å². The highest BCUT2D eigenvalue weighted by Crippen LogP contribution is 2.42. The molecular weight excluding hydrogens is 536 g/mol. The Balaban J connectivity index is 1.47. The van der Waals surface area contributed by atoms with Gasteiger partial charge in [0.25, 0.3) is 0 Å². The average Bonchev–Trinajstić information content (AvgIpc) is 3.09. The van der Waals surface area contributed by atoms with E-state index in [1.807, 2.05) is 107 Å². The summed E-state index contributed by atoms with van der Waals surface area (Å²) < 4.78 is 0. The van der Waals surface area contributed by atoms with Crippen LogP contribution in [0.1, 0.15) is 0 Å². The number of carbonyl (C=O) groups is 1. The molecule has 8 aromatic rings. The minimum Gasteiger partial charge on any atom is -0.261 e. The van der Waals surface area contributed by atoms with Gasteiger partial charge in [0, 0.05) is 21.5 Å². The third kappa shape index (κ3) is 4.26. The molecule has 8 rings (SSSR count). The van der Waals surface area contributed by atoms with Crippen LogP contribution in [0.25, 0.3) is 43.1 Å². The first-order chi connectivity index (χ1) is 21.8. The standard InChI is InChI=1S/C41H28N2O/c44-41(42(37-25-9-17-29-13-1-5-21-33(29)37)38-26-10-18-30-14-2-6-22-34(30)38)43(39-27-11-19-31-15-3-7-23-35(31)39)40-28-12-20-32-16-4-8-24-36(32)40/h1-28H. The molecule has 3 heteroatoms. The van der Waals surface area contributed by atoms with E-state index in [1.54, 1.807) is 0 Å². The number of amides is 2. The first kappa shape index (κ1) is 25.8. The van der Waals surface area contributed by atoms with Crippen molar-refractivity contribution in [3.63, 3.8) is 0 Å². The molecular formula is C41H28N2O. The summed E-state index contributed by atoms with van der Waals surface area (Å²) in [5.74, 6) is 0. The molecule has 0 unspecified atom stereocenters. The Hall–Kier alpha value is -5.93. The maximum absolute atomic E-state index is 15.7. The number of hydrogen-bond acceptors (Lipinski definition) is 1. The van der Waals surface area contributed by atoms with Crippen LogP contribution in [0.15, 0.2) is 170 Å². The molecule has 0 atom stereocenters. The molecule has 208 valence electrons. The summed E-state index contributed by atoms with van der Waals surface area (Å²) >= 11 is 0. The highest BCUT2D eigenvalue weighted by Gasteiger charge is 2.30. The summed E-state index contributed by atoms with van der Waals surface area (Å²) in [5, 5.41) is 8.32. The van der Waals surface area contributed by atoms with E-state index in [9.17, 15) is 0 Å². The fourth-order valence-electron chi connectivity index (χ4n) is 6.38. The van der Waals surface area contributed by atoms with Gasteiger partial charge in [-0.1, -0.05) is 146 Å². The van der Waals surface area contributed by atoms with Crippen LogP contribution in [0.3, 0.4) is 0 Å². The van der Waals surface area contributed by atoms with Crippen molar-refractivity contribution in [3.8, 4) is 0 Å². The van der Waals surface area contributed by atoms with Crippen LogP contribution >= 0.6 is 0 Å². The predicted octanol–water partition coefficient (Wildman–Crippen LogP) is 11.4. The number of nitrogens with zero attached hydrogens (tertiary/aromatic N) is 2. The van der Waals surface area contributed by atoms with E-state index < -0.39 is 0 Å². The van der Waals surface area contributed by atoms with Gasteiger partial charge in [-0.3, -0.25) is 9.80 Å². The molecule has 3 nitrogen and oxygen atoms in total. The Morgan fingerprint density at radius 3 is 0.795 bits per heavy atom. The lowest BCUT2D eigenvalue weighted by molar-refractivity contribution is 0.256. The molecule has 0 N–H and O–H groups in total. The predicted molar refractivity (Wildman–Crippen MR) is 185 cm³/mol. The second kappa shape index (κ2) is 10.7. The SMILES string of the molecule is O=C(N(c1cccc2ccccc12)c1cccc2ccccc12)N(c1cccc2ccccc12)c1cccc2ccccc12. The summed E-state index contributed by atoms with van der Waals surface area (Å²) in [4.78, 5) is 19.5. The van der Waals surface area contributed by atoms with Crippen LogP contribution in [-0.2, 0) is 0 Å². The molecule has 44 heavy (non-hydrogen) atoms. The summed E-state index contributed by atoms with van der Waals surface area (Å²) in [6.45, 7) is 0. The Kier molecular flexibility index (Phi) is 6.28. The molecule has 0 aliphatic carbocycles. The van der Waals surface area contributed by atoms with E-state index in [0.717, 1.165) is 65.8 Å². The summed E-state index contributed by atoms with van der Waals surface area (Å²) in [6.07, 6.45) is 0. The fourth-order valence-corrected chi connectivity index (χ4v) is 6.38. The lowest BCUT2D eigenvalue weighted by Crippen LogP contribution is -2.38. The molecule has 2 amide bonds. The molecule has 0 aromatic heterocycles. The van der Waals surface area contributed by atoms with Gasteiger partial charge in [-0.15, -0.1) is 0 Å². The Morgan fingerprint density at radius 1 is 0.295 bits per heavy atom. The smallest absolute Gasteiger partial charge is 0.261 e. The van der Waals surface area contributed by atoms with Gasteiger partial charge in [-0.2, -0.15) is 0 Å². The third-order valence-electron chi connectivity index (χ3n) is 8.41. The van der Waals surface area contributed by atoms with E-state index in [-0.39, 0.29) is 6.03 Å². The number of urea groups is 1. The quantitative estimate of drug-likeness (QED) is 0.209. The van der Waals surface area contributed by atoms with E-state index in [0.29, 0.717) is 0 Å². The normalized spacial score (nSPS) is 11.3. The molecule has 0 spiro atoms. The van der Waals surface area contributed by atoms with Crippen LogP contribution in [0.5, 0.6) is 0 Å². The van der Waals surface area contributed by atoms with Crippen molar-refractivity contribution in [2.75, 3.05) is 9.80 Å². The summed E-state index contributed by atoms with van der Waals surface area (Å²) in [7, 11) is 0. The van der Waals surface area contributed by atoms with E-state index >= 15 is 4.79 Å². The highest BCUT2D eigenvalue weighted by molar-refractivity contribution is 6.23. The van der Waals surface area contributed by atoms with Gasteiger partial charge in [0.05, 0.1) is 22.7 Å². The lowest BCUT2D eigenvalue weighted by Gasteiger charge is -2.33. The van der Waals surface area contributed by atoms with Gasteiger partial charge in [-0.25, -0.2) is 4.79 Å². The van der Waals surface area contributed by atoms with Crippen LogP contribution in [0.4, 0.5) is 27.5 Å². The van der Waals surface area contributed by atoms with Crippen molar-refractivity contribution in [1.82, 2.24) is 0 Å². The van der Waals surface area contributed by atoms with Crippen LogP contribution in [0.2, 0.25) is 0 Å². The first-order valence-corrected chi connectivity index (χ1v) is 14.8. The van der Waals surface area contributed by atoms with Crippen molar-refractivity contribution in [3.05, 3.63) is 170 Å². The van der Waals surface area contributed by atoms with E-state index in [1.165, 1.54) is 0 Å².